The summed E-state index contributed by atoms with van der Waals surface area (Å²) in [5, 5.41) is 14.2. The van der Waals surface area contributed by atoms with Gasteiger partial charge in [0.05, 0.1) is 17.5 Å². The molecule has 0 aliphatic heterocycles. The lowest BCUT2D eigenvalue weighted by Gasteiger charge is -2.16. The first kappa shape index (κ1) is 20.0. The predicted molar refractivity (Wildman–Crippen MR) is 108 cm³/mol. The summed E-state index contributed by atoms with van der Waals surface area (Å²) in [6, 6.07) is 14.7. The Kier molecular flexibility index (Phi) is 6.40. The molecule has 28 heavy (non-hydrogen) atoms. The van der Waals surface area contributed by atoms with Crippen molar-refractivity contribution in [2.24, 2.45) is 0 Å². The summed E-state index contributed by atoms with van der Waals surface area (Å²) in [6.07, 6.45) is 2.00. The first-order chi connectivity index (χ1) is 13.5. The number of rotatable bonds is 8. The van der Waals surface area contributed by atoms with Crippen molar-refractivity contribution in [3.63, 3.8) is 0 Å². The summed E-state index contributed by atoms with van der Waals surface area (Å²) in [6.45, 7) is -0.204. The van der Waals surface area contributed by atoms with E-state index in [4.69, 9.17) is 0 Å². The number of sulfonamides is 1. The second kappa shape index (κ2) is 8.96. The number of hydrogen-bond acceptors (Lipinski definition) is 6. The molecule has 0 spiro atoms. The maximum Gasteiger partial charge on any atom is 0.263 e. The number of thiazole rings is 1. The first-order valence-corrected chi connectivity index (χ1v) is 10.8. The van der Waals surface area contributed by atoms with E-state index < -0.39 is 16.1 Å². The molecule has 0 aliphatic carbocycles. The van der Waals surface area contributed by atoms with E-state index in [1.165, 1.54) is 41.8 Å². The largest absolute Gasteiger partial charge is 0.394 e. The fourth-order valence-electron chi connectivity index (χ4n) is 2.56. The lowest BCUT2D eigenvalue weighted by molar-refractivity contribution is 0.0916. The third-order valence-corrected chi connectivity index (χ3v) is 6.13. The van der Waals surface area contributed by atoms with Crippen LogP contribution in [-0.2, 0) is 16.4 Å². The number of nitrogens with zero attached hydrogens (tertiary/aromatic N) is 1. The Bertz CT molecular complexity index is 1010. The number of carbonyl (C=O) groups excluding carboxylic acids is 1. The minimum Gasteiger partial charge on any atom is -0.394 e. The quantitative estimate of drug-likeness (QED) is 0.521. The number of carbonyl (C=O) groups is 1. The molecule has 7 nitrogen and oxygen atoms in total. The first-order valence-electron chi connectivity index (χ1n) is 8.46. The number of benzene rings is 2. The third kappa shape index (κ3) is 5.16. The van der Waals surface area contributed by atoms with Crippen LogP contribution in [-0.4, -0.2) is 37.1 Å². The molecule has 1 atom stereocenters. The second-order valence-electron chi connectivity index (χ2n) is 6.01. The van der Waals surface area contributed by atoms with Crippen molar-refractivity contribution in [3.8, 4) is 0 Å². The average molecular weight is 418 g/mol. The minimum absolute atomic E-state index is 0.0299. The molecule has 1 amide bonds. The summed E-state index contributed by atoms with van der Waals surface area (Å²) in [7, 11) is -3.77. The van der Waals surface area contributed by atoms with Crippen LogP contribution in [0, 0.1) is 0 Å². The molecular weight excluding hydrogens is 398 g/mol. The van der Waals surface area contributed by atoms with Crippen LogP contribution in [0.4, 0.5) is 5.13 Å². The SMILES string of the molecule is O=C(N[C@H](CO)Cc1ccccc1)c1ccc(S(=O)(=O)Nc2nccs2)cc1. The zero-order chi connectivity index (χ0) is 20.0. The topological polar surface area (TPSA) is 108 Å². The molecule has 0 radical (unpaired) electrons. The Morgan fingerprint density at radius 1 is 1.11 bits per heavy atom. The lowest BCUT2D eigenvalue weighted by atomic mass is 10.1. The second-order valence-corrected chi connectivity index (χ2v) is 8.59. The van der Waals surface area contributed by atoms with Crippen molar-refractivity contribution in [1.29, 1.82) is 0 Å². The van der Waals surface area contributed by atoms with Crippen LogP contribution in [0.5, 0.6) is 0 Å². The Morgan fingerprint density at radius 2 is 1.82 bits per heavy atom. The molecule has 9 heteroatoms. The van der Waals surface area contributed by atoms with Crippen LogP contribution in [0.25, 0.3) is 0 Å². The third-order valence-electron chi connectivity index (χ3n) is 3.96. The van der Waals surface area contributed by atoms with E-state index in [1.807, 2.05) is 30.3 Å². The van der Waals surface area contributed by atoms with Crippen molar-refractivity contribution < 1.29 is 18.3 Å². The van der Waals surface area contributed by atoms with Gasteiger partial charge < -0.3 is 10.4 Å². The van der Waals surface area contributed by atoms with Crippen LogP contribution in [0.15, 0.2) is 71.1 Å². The molecule has 1 aromatic heterocycles. The zero-order valence-corrected chi connectivity index (χ0v) is 16.4. The van der Waals surface area contributed by atoms with Crippen molar-refractivity contribution >= 4 is 32.4 Å². The van der Waals surface area contributed by atoms with E-state index in [1.54, 1.807) is 5.38 Å². The monoisotopic (exact) mass is 417 g/mol. The summed E-state index contributed by atoms with van der Waals surface area (Å²) in [5.41, 5.74) is 1.30. The molecule has 0 unspecified atom stereocenters. The fourth-order valence-corrected chi connectivity index (χ4v) is 4.35. The molecule has 3 aromatic rings. The maximum absolute atomic E-state index is 12.4. The van der Waals surface area contributed by atoms with Gasteiger partial charge in [-0.25, -0.2) is 13.4 Å². The predicted octanol–water partition coefficient (Wildman–Crippen LogP) is 2.28. The standard InChI is InChI=1S/C19H19N3O4S2/c23-13-16(12-14-4-2-1-3-5-14)21-18(24)15-6-8-17(9-7-15)28(25,26)22-19-20-10-11-27-19/h1-11,16,23H,12-13H2,(H,20,22)(H,21,24)/t16-/m0/s1. The lowest BCUT2D eigenvalue weighted by Crippen LogP contribution is -2.39. The van der Waals surface area contributed by atoms with Gasteiger partial charge in [-0.2, -0.15) is 0 Å². The smallest absolute Gasteiger partial charge is 0.263 e. The van der Waals surface area contributed by atoms with Gasteiger partial charge in [-0.05, 0) is 36.2 Å². The van der Waals surface area contributed by atoms with Gasteiger partial charge in [0.25, 0.3) is 15.9 Å². The van der Waals surface area contributed by atoms with Crippen molar-refractivity contribution in [1.82, 2.24) is 10.3 Å². The van der Waals surface area contributed by atoms with Gasteiger partial charge in [-0.15, -0.1) is 11.3 Å². The van der Waals surface area contributed by atoms with Gasteiger partial charge in [0.2, 0.25) is 0 Å². The average Bonchev–Trinajstić information content (AvgIpc) is 3.20. The zero-order valence-electron chi connectivity index (χ0n) is 14.8. The molecule has 0 bridgehead atoms. The number of aliphatic hydroxyl groups is 1. The molecule has 0 fully saturated rings. The van der Waals surface area contributed by atoms with Crippen molar-refractivity contribution in [2.45, 2.75) is 17.4 Å². The Labute approximate surface area is 167 Å². The fraction of sp³-hybridized carbons (Fsp3) is 0.158. The van der Waals surface area contributed by atoms with Gasteiger partial charge in [0.15, 0.2) is 5.13 Å². The Hall–Kier alpha value is -2.75. The van der Waals surface area contributed by atoms with Crippen LogP contribution in [0.1, 0.15) is 15.9 Å². The molecular formula is C19H19N3O4S2. The van der Waals surface area contributed by atoms with E-state index in [-0.39, 0.29) is 22.5 Å². The van der Waals surface area contributed by atoms with E-state index in [9.17, 15) is 18.3 Å². The highest BCUT2D eigenvalue weighted by atomic mass is 32.2. The van der Waals surface area contributed by atoms with Crippen LogP contribution >= 0.6 is 11.3 Å². The number of hydrogen-bond donors (Lipinski definition) is 3. The normalized spacial score (nSPS) is 12.3. The number of amides is 1. The van der Waals surface area contributed by atoms with Crippen LogP contribution < -0.4 is 10.0 Å². The molecule has 146 valence electrons. The molecule has 3 rings (SSSR count). The molecule has 3 N–H and O–H groups in total. The number of anilines is 1. The summed E-state index contributed by atoms with van der Waals surface area (Å²) >= 11 is 1.17. The molecule has 1 heterocycles. The van der Waals surface area contributed by atoms with E-state index in [0.717, 1.165) is 5.56 Å². The van der Waals surface area contributed by atoms with Crippen molar-refractivity contribution in [3.05, 3.63) is 77.3 Å². The van der Waals surface area contributed by atoms with Crippen molar-refractivity contribution in [2.75, 3.05) is 11.3 Å². The maximum atomic E-state index is 12.4. The van der Waals surface area contributed by atoms with E-state index in [2.05, 4.69) is 15.0 Å². The Balaban J connectivity index is 1.66. The number of aromatic nitrogens is 1. The van der Waals surface area contributed by atoms with Gasteiger partial charge in [-0.3, -0.25) is 9.52 Å². The van der Waals surface area contributed by atoms with Gasteiger partial charge in [0, 0.05) is 17.1 Å². The Morgan fingerprint density at radius 3 is 2.43 bits per heavy atom. The highest BCUT2D eigenvalue weighted by Gasteiger charge is 2.18. The number of nitrogens with one attached hydrogen (secondary N) is 2. The summed E-state index contributed by atoms with van der Waals surface area (Å²) in [5.74, 6) is -0.383. The summed E-state index contributed by atoms with van der Waals surface area (Å²) in [4.78, 5) is 16.3. The van der Waals surface area contributed by atoms with Crippen LogP contribution in [0.2, 0.25) is 0 Å². The van der Waals surface area contributed by atoms with Gasteiger partial charge >= 0.3 is 0 Å². The molecule has 2 aromatic carbocycles. The number of aliphatic hydroxyl groups excluding tert-OH is 1. The van der Waals surface area contributed by atoms with Crippen LogP contribution in [0.3, 0.4) is 0 Å². The molecule has 0 saturated heterocycles. The van der Waals surface area contributed by atoms with E-state index >= 15 is 0 Å². The minimum atomic E-state index is -3.77. The van der Waals surface area contributed by atoms with Gasteiger partial charge in [-0.1, -0.05) is 30.3 Å². The highest BCUT2D eigenvalue weighted by molar-refractivity contribution is 7.93. The molecule has 0 saturated carbocycles. The highest BCUT2D eigenvalue weighted by Crippen LogP contribution is 2.18. The molecule has 0 aliphatic rings. The van der Waals surface area contributed by atoms with E-state index in [0.29, 0.717) is 12.0 Å². The summed E-state index contributed by atoms with van der Waals surface area (Å²) < 4.78 is 27.0. The van der Waals surface area contributed by atoms with Gasteiger partial charge in [0.1, 0.15) is 0 Å².